The molecular weight excluding hydrogens is 362 g/mol. The molecular formula is C24H33N3O2. The molecule has 3 heterocycles. The van der Waals surface area contributed by atoms with Crippen molar-refractivity contribution < 1.29 is 9.90 Å². The zero-order chi connectivity index (χ0) is 19.8. The third-order valence-electron chi connectivity index (χ3n) is 7.85. The van der Waals surface area contributed by atoms with Crippen LogP contribution in [0.5, 0.6) is 0 Å². The summed E-state index contributed by atoms with van der Waals surface area (Å²) >= 11 is 0. The van der Waals surface area contributed by atoms with Crippen molar-refractivity contribution in [1.82, 2.24) is 14.5 Å². The van der Waals surface area contributed by atoms with E-state index in [4.69, 9.17) is 0 Å². The Balaban J connectivity index is 1.18. The first-order chi connectivity index (χ1) is 14.2. The summed E-state index contributed by atoms with van der Waals surface area (Å²) in [6.45, 7) is 1.62. The number of piperidine rings is 1. The van der Waals surface area contributed by atoms with Gasteiger partial charge in [0.05, 0.1) is 12.4 Å². The SMILES string of the molecule is O=C(C1CCCCC1)N1CCC(C(O)CC2C3C=CC=CC3c3cncn32)CC1. The molecule has 4 atom stereocenters. The van der Waals surface area contributed by atoms with Gasteiger partial charge in [-0.1, -0.05) is 43.6 Å². The predicted molar refractivity (Wildman–Crippen MR) is 112 cm³/mol. The monoisotopic (exact) mass is 395 g/mol. The van der Waals surface area contributed by atoms with Gasteiger partial charge in [0.15, 0.2) is 0 Å². The van der Waals surface area contributed by atoms with Crippen LogP contribution in [-0.2, 0) is 4.79 Å². The largest absolute Gasteiger partial charge is 0.393 e. The van der Waals surface area contributed by atoms with Gasteiger partial charge in [-0.15, -0.1) is 0 Å². The number of aliphatic hydroxyl groups excluding tert-OH is 1. The molecule has 29 heavy (non-hydrogen) atoms. The number of likely N-dealkylation sites (tertiary alicyclic amines) is 1. The molecule has 4 aliphatic rings. The van der Waals surface area contributed by atoms with Crippen molar-refractivity contribution in [3.63, 3.8) is 0 Å². The average Bonchev–Trinajstić information content (AvgIpc) is 3.37. The summed E-state index contributed by atoms with van der Waals surface area (Å²) in [5, 5.41) is 11.1. The van der Waals surface area contributed by atoms with Gasteiger partial charge in [0, 0.05) is 48.8 Å². The summed E-state index contributed by atoms with van der Waals surface area (Å²) < 4.78 is 2.28. The summed E-state index contributed by atoms with van der Waals surface area (Å²) in [6.07, 6.45) is 20.8. The standard InChI is InChI=1S/C24H33N3O2/c28-23(14-21-19-8-4-5-9-20(19)22-15-25-16-27(21)22)17-10-12-26(13-11-17)24(29)18-6-2-1-3-7-18/h4-5,8-9,15-21,23,28H,1-3,6-7,10-14H2. The smallest absolute Gasteiger partial charge is 0.225 e. The first kappa shape index (κ1) is 19.1. The molecule has 0 bridgehead atoms. The highest BCUT2D eigenvalue weighted by Crippen LogP contribution is 2.47. The minimum absolute atomic E-state index is 0.256. The number of amides is 1. The van der Waals surface area contributed by atoms with Gasteiger partial charge < -0.3 is 14.6 Å². The molecule has 0 radical (unpaired) electrons. The fourth-order valence-electron chi connectivity index (χ4n) is 6.15. The molecule has 1 aromatic heterocycles. The van der Waals surface area contributed by atoms with Gasteiger partial charge in [0.2, 0.25) is 5.91 Å². The quantitative estimate of drug-likeness (QED) is 0.843. The zero-order valence-electron chi connectivity index (χ0n) is 17.2. The van der Waals surface area contributed by atoms with E-state index in [2.05, 4.69) is 38.8 Å². The van der Waals surface area contributed by atoms with Crippen molar-refractivity contribution in [2.45, 2.75) is 69.4 Å². The Kier molecular flexibility index (Phi) is 5.33. The lowest BCUT2D eigenvalue weighted by Gasteiger charge is -2.37. The summed E-state index contributed by atoms with van der Waals surface area (Å²) in [4.78, 5) is 19.2. The number of aromatic nitrogens is 2. The average molecular weight is 396 g/mol. The molecule has 0 spiro atoms. The topological polar surface area (TPSA) is 58.4 Å². The van der Waals surface area contributed by atoms with Gasteiger partial charge in [0.1, 0.15) is 0 Å². The van der Waals surface area contributed by atoms with E-state index in [1.54, 1.807) is 0 Å². The van der Waals surface area contributed by atoms with Crippen LogP contribution in [0.3, 0.4) is 0 Å². The molecule has 2 fully saturated rings. The minimum atomic E-state index is -0.319. The van der Waals surface area contributed by atoms with Gasteiger partial charge in [0.25, 0.3) is 0 Å². The number of carbonyl (C=O) groups is 1. The molecule has 2 aliphatic heterocycles. The predicted octanol–water partition coefficient (Wildman–Crippen LogP) is 3.83. The Morgan fingerprint density at radius 1 is 1.10 bits per heavy atom. The molecule has 5 heteroatoms. The van der Waals surface area contributed by atoms with Gasteiger partial charge in [-0.3, -0.25) is 4.79 Å². The maximum atomic E-state index is 12.8. The van der Waals surface area contributed by atoms with Crippen LogP contribution in [0.2, 0.25) is 0 Å². The van der Waals surface area contributed by atoms with Crippen molar-refractivity contribution in [1.29, 1.82) is 0 Å². The molecule has 5 rings (SSSR count). The van der Waals surface area contributed by atoms with Crippen molar-refractivity contribution in [2.24, 2.45) is 17.8 Å². The van der Waals surface area contributed by atoms with E-state index in [-0.39, 0.29) is 18.1 Å². The fraction of sp³-hybridized carbons (Fsp3) is 0.667. The highest BCUT2D eigenvalue weighted by molar-refractivity contribution is 5.79. The number of hydrogen-bond acceptors (Lipinski definition) is 3. The summed E-state index contributed by atoms with van der Waals surface area (Å²) in [7, 11) is 0. The molecule has 1 N–H and O–H groups in total. The van der Waals surface area contributed by atoms with E-state index in [1.165, 1.54) is 25.0 Å². The highest BCUT2D eigenvalue weighted by Gasteiger charge is 2.41. The Bertz CT molecular complexity index is 784. The number of aliphatic hydroxyl groups is 1. The van der Waals surface area contributed by atoms with Crippen molar-refractivity contribution in [2.75, 3.05) is 13.1 Å². The molecule has 2 aliphatic carbocycles. The van der Waals surface area contributed by atoms with E-state index < -0.39 is 0 Å². The van der Waals surface area contributed by atoms with Crippen LogP contribution in [0, 0.1) is 17.8 Å². The first-order valence-electron chi connectivity index (χ1n) is 11.6. The van der Waals surface area contributed by atoms with Gasteiger partial charge >= 0.3 is 0 Å². The third-order valence-corrected chi connectivity index (χ3v) is 7.85. The van der Waals surface area contributed by atoms with Crippen LogP contribution in [0.15, 0.2) is 36.8 Å². The Hall–Kier alpha value is -1.88. The summed E-state index contributed by atoms with van der Waals surface area (Å²) in [5.74, 6) is 1.72. The van der Waals surface area contributed by atoms with Crippen LogP contribution in [-0.4, -0.2) is 44.7 Å². The van der Waals surface area contributed by atoms with Gasteiger partial charge in [-0.25, -0.2) is 4.98 Å². The van der Waals surface area contributed by atoms with Gasteiger partial charge in [-0.2, -0.15) is 0 Å². The van der Waals surface area contributed by atoms with E-state index in [1.807, 2.05) is 12.5 Å². The number of fused-ring (bicyclic) bond motifs is 3. The minimum Gasteiger partial charge on any atom is -0.393 e. The second-order valence-electron chi connectivity index (χ2n) is 9.47. The second kappa shape index (κ2) is 8.10. The van der Waals surface area contributed by atoms with E-state index in [9.17, 15) is 9.90 Å². The lowest BCUT2D eigenvalue weighted by molar-refractivity contribution is -0.138. The molecule has 4 unspecified atom stereocenters. The fourth-order valence-corrected chi connectivity index (χ4v) is 6.15. The molecule has 5 nitrogen and oxygen atoms in total. The van der Waals surface area contributed by atoms with Crippen LogP contribution in [0.1, 0.15) is 69.0 Å². The van der Waals surface area contributed by atoms with Crippen LogP contribution in [0.25, 0.3) is 0 Å². The lowest BCUT2D eigenvalue weighted by atomic mass is 9.80. The molecule has 0 aromatic carbocycles. The Morgan fingerprint density at radius 3 is 2.66 bits per heavy atom. The summed E-state index contributed by atoms with van der Waals surface area (Å²) in [5.41, 5.74) is 1.26. The zero-order valence-corrected chi connectivity index (χ0v) is 17.2. The Labute approximate surface area is 173 Å². The number of hydrogen-bond donors (Lipinski definition) is 1. The molecule has 156 valence electrons. The normalized spacial score (nSPS) is 30.9. The molecule has 1 amide bonds. The van der Waals surface area contributed by atoms with Crippen molar-refractivity contribution in [3.05, 3.63) is 42.5 Å². The van der Waals surface area contributed by atoms with Gasteiger partial charge in [-0.05, 0) is 38.0 Å². The number of rotatable bonds is 4. The number of carbonyl (C=O) groups excluding carboxylic acids is 1. The number of imidazole rings is 1. The second-order valence-corrected chi connectivity index (χ2v) is 9.47. The van der Waals surface area contributed by atoms with Crippen molar-refractivity contribution in [3.8, 4) is 0 Å². The Morgan fingerprint density at radius 2 is 1.86 bits per heavy atom. The van der Waals surface area contributed by atoms with E-state index in [0.29, 0.717) is 23.7 Å². The maximum absolute atomic E-state index is 12.8. The highest BCUT2D eigenvalue weighted by atomic mass is 16.3. The molecule has 1 aromatic rings. The van der Waals surface area contributed by atoms with Crippen molar-refractivity contribution >= 4 is 5.91 Å². The third kappa shape index (κ3) is 3.58. The van der Waals surface area contributed by atoms with Crippen LogP contribution >= 0.6 is 0 Å². The van der Waals surface area contributed by atoms with Crippen LogP contribution < -0.4 is 0 Å². The molecule has 1 saturated heterocycles. The number of nitrogens with zero attached hydrogens (tertiary/aromatic N) is 3. The van der Waals surface area contributed by atoms with Crippen LogP contribution in [0.4, 0.5) is 0 Å². The van der Waals surface area contributed by atoms with E-state index in [0.717, 1.165) is 45.2 Å². The first-order valence-corrected chi connectivity index (χ1v) is 11.6. The lowest BCUT2D eigenvalue weighted by Crippen LogP contribution is -2.44. The maximum Gasteiger partial charge on any atom is 0.225 e. The number of allylic oxidation sites excluding steroid dienone is 4. The summed E-state index contributed by atoms with van der Waals surface area (Å²) in [6, 6.07) is 0.274. The molecule has 1 saturated carbocycles. The van der Waals surface area contributed by atoms with E-state index >= 15 is 0 Å².